The van der Waals surface area contributed by atoms with E-state index in [1.807, 2.05) is 11.2 Å². The molecule has 1 unspecified atom stereocenters. The van der Waals surface area contributed by atoms with Gasteiger partial charge in [-0.05, 0) is 24.8 Å². The smallest absolute Gasteiger partial charge is 0.415 e. The number of halogens is 4. The molecule has 1 aromatic carbocycles. The van der Waals surface area contributed by atoms with Crippen LogP contribution in [-0.2, 0) is 20.7 Å². The molecule has 12 heteroatoms. The lowest BCUT2D eigenvalue weighted by Gasteiger charge is -2.36. The molecule has 140 valence electrons. The predicted octanol–water partition coefficient (Wildman–Crippen LogP) is 3.25. The normalized spacial score (nSPS) is 22.4. The first kappa shape index (κ1) is 18.6. The highest BCUT2D eigenvalue weighted by molar-refractivity contribution is 7.81. The summed E-state index contributed by atoms with van der Waals surface area (Å²) in [7, 11) is -4.99. The first-order valence-electron chi connectivity index (χ1n) is 7.01. The van der Waals surface area contributed by atoms with Crippen molar-refractivity contribution < 1.29 is 39.9 Å². The predicted molar refractivity (Wildman–Crippen MR) is 82.0 cm³/mol. The lowest BCUT2D eigenvalue weighted by atomic mass is 9.90. The van der Waals surface area contributed by atoms with Crippen LogP contribution in [0, 0.1) is 17.8 Å². The van der Waals surface area contributed by atoms with Gasteiger partial charge in [-0.1, -0.05) is 17.5 Å². The van der Waals surface area contributed by atoms with Gasteiger partial charge in [0.05, 0.1) is 10.7 Å². The maximum atomic E-state index is 13.8. The van der Waals surface area contributed by atoms with Crippen LogP contribution in [0.1, 0.15) is 18.4 Å². The summed E-state index contributed by atoms with van der Waals surface area (Å²) in [5.74, 6) is 3.52. The van der Waals surface area contributed by atoms with Gasteiger partial charge < -0.3 is 8.92 Å². The minimum atomic E-state index is -5.10. The van der Waals surface area contributed by atoms with Crippen molar-refractivity contribution in [3.05, 3.63) is 22.7 Å². The van der Waals surface area contributed by atoms with Crippen LogP contribution in [0.2, 0.25) is 5.02 Å². The molecule has 0 aromatic heterocycles. The van der Waals surface area contributed by atoms with Gasteiger partial charge in [0.15, 0.2) is 5.75 Å². The summed E-state index contributed by atoms with van der Waals surface area (Å²) in [6, 6.07) is 1.44. The van der Waals surface area contributed by atoms with Gasteiger partial charge in [0.25, 0.3) is 5.60 Å². The van der Waals surface area contributed by atoms with Crippen molar-refractivity contribution >= 4 is 33.8 Å². The topological polar surface area (TPSA) is 102 Å². The molecule has 1 saturated carbocycles. The van der Waals surface area contributed by atoms with Crippen molar-refractivity contribution in [2.24, 2.45) is 5.92 Å². The Bertz CT molecular complexity index is 948. The zero-order valence-corrected chi connectivity index (χ0v) is 14.1. The van der Waals surface area contributed by atoms with E-state index in [1.54, 1.807) is 0 Å². The summed E-state index contributed by atoms with van der Waals surface area (Å²) < 4.78 is 80.5. The number of ether oxygens (including phenoxy) is 1. The Morgan fingerprint density at radius 2 is 2.04 bits per heavy atom. The van der Waals surface area contributed by atoms with E-state index < -0.39 is 50.3 Å². The van der Waals surface area contributed by atoms with Crippen LogP contribution in [0.3, 0.4) is 0 Å². The SMILES string of the molecule is O=C1Nc2cc(OS(=O)(=O)O)c(Cl)cc2C(C#CC2CC2)(C(F)(F)F)O1. The van der Waals surface area contributed by atoms with Crippen LogP contribution in [0.5, 0.6) is 5.75 Å². The van der Waals surface area contributed by atoms with Crippen LogP contribution < -0.4 is 9.50 Å². The highest BCUT2D eigenvalue weighted by Crippen LogP contribution is 2.49. The molecule has 3 rings (SSSR count). The van der Waals surface area contributed by atoms with Gasteiger partial charge >= 0.3 is 22.7 Å². The number of amides is 1. The second-order valence-corrected chi connectivity index (χ2v) is 7.01. The fourth-order valence-electron chi connectivity index (χ4n) is 2.26. The molecular weight excluding hydrogens is 403 g/mol. The minimum Gasteiger partial charge on any atom is -0.415 e. The Hall–Kier alpha value is -2.16. The largest absolute Gasteiger partial charge is 0.446 e. The molecular formula is C14H9ClF3NO6S. The van der Waals surface area contributed by atoms with Gasteiger partial charge in [0, 0.05) is 17.5 Å². The number of cyclic esters (lactones) is 1. The first-order valence-corrected chi connectivity index (χ1v) is 8.76. The van der Waals surface area contributed by atoms with Crippen molar-refractivity contribution in [3.63, 3.8) is 0 Å². The summed E-state index contributed by atoms with van der Waals surface area (Å²) >= 11 is 5.77. The molecule has 1 aromatic rings. The summed E-state index contributed by atoms with van der Waals surface area (Å²) in [4.78, 5) is 11.7. The number of anilines is 1. The quantitative estimate of drug-likeness (QED) is 0.572. The van der Waals surface area contributed by atoms with Crippen LogP contribution >= 0.6 is 11.6 Å². The van der Waals surface area contributed by atoms with Crippen molar-refractivity contribution in [2.45, 2.75) is 24.6 Å². The number of carbonyl (C=O) groups excluding carboxylic acids is 1. The summed E-state index contributed by atoms with van der Waals surface area (Å²) in [6.45, 7) is 0. The second kappa shape index (κ2) is 5.94. The number of carbonyl (C=O) groups is 1. The molecule has 7 nitrogen and oxygen atoms in total. The standard InChI is InChI=1S/C14H9ClF3NO6S/c15-9-5-8-10(6-11(9)25-26(21,22)23)19-12(20)24-13(8,14(16,17)18)4-3-7-1-2-7/h5-7H,1-2H2,(H,19,20)(H,21,22,23). The number of fused-ring (bicyclic) bond motifs is 1. The molecule has 2 N–H and O–H groups in total. The third-order valence-corrected chi connectivity index (χ3v) is 4.24. The average Bonchev–Trinajstić information content (AvgIpc) is 3.27. The number of benzene rings is 1. The lowest BCUT2D eigenvalue weighted by molar-refractivity contribution is -0.239. The van der Waals surface area contributed by atoms with E-state index in [-0.39, 0.29) is 5.92 Å². The summed E-state index contributed by atoms with van der Waals surface area (Å²) in [5, 5.41) is 1.43. The minimum absolute atomic E-state index is 0.219. The third kappa shape index (κ3) is 3.53. The first-order chi connectivity index (χ1) is 11.9. The molecule has 1 aliphatic carbocycles. The van der Waals surface area contributed by atoms with Crippen molar-refractivity contribution in [1.82, 2.24) is 0 Å². The molecule has 0 spiro atoms. The molecule has 0 saturated heterocycles. The van der Waals surface area contributed by atoms with Crippen molar-refractivity contribution in [1.29, 1.82) is 0 Å². The molecule has 1 atom stereocenters. The maximum absolute atomic E-state index is 13.8. The molecule has 1 amide bonds. The number of alkyl halides is 3. The fourth-order valence-corrected chi connectivity index (χ4v) is 2.87. The summed E-state index contributed by atoms with van der Waals surface area (Å²) in [6.07, 6.45) is -5.26. The zero-order valence-electron chi connectivity index (χ0n) is 12.6. The lowest BCUT2D eigenvalue weighted by Crippen LogP contribution is -2.49. The Morgan fingerprint density at radius 1 is 1.38 bits per heavy atom. The maximum Gasteiger partial charge on any atom is 0.446 e. The number of rotatable bonds is 2. The molecule has 0 bridgehead atoms. The molecule has 1 fully saturated rings. The monoisotopic (exact) mass is 411 g/mol. The van der Waals surface area contributed by atoms with Crippen molar-refractivity contribution in [2.75, 3.05) is 5.32 Å². The molecule has 1 aliphatic heterocycles. The Balaban J connectivity index is 2.20. The van der Waals surface area contributed by atoms with Gasteiger partial charge in [-0.15, -0.1) is 0 Å². The highest BCUT2D eigenvalue weighted by atomic mass is 35.5. The van der Waals surface area contributed by atoms with E-state index in [0.717, 1.165) is 6.07 Å². The molecule has 26 heavy (non-hydrogen) atoms. The van der Waals surface area contributed by atoms with E-state index in [1.165, 1.54) is 0 Å². The second-order valence-electron chi connectivity index (χ2n) is 5.58. The van der Waals surface area contributed by atoms with Gasteiger partial charge in [0.2, 0.25) is 0 Å². The highest BCUT2D eigenvalue weighted by Gasteiger charge is 2.62. The van der Waals surface area contributed by atoms with Crippen LogP contribution in [0.15, 0.2) is 12.1 Å². The van der Waals surface area contributed by atoms with E-state index in [9.17, 15) is 26.4 Å². The zero-order chi connectivity index (χ0) is 19.3. The van der Waals surface area contributed by atoms with Crippen LogP contribution in [-0.4, -0.2) is 25.2 Å². The number of hydrogen-bond acceptors (Lipinski definition) is 5. The summed E-state index contributed by atoms with van der Waals surface area (Å²) in [5.41, 5.74) is -4.37. The molecule has 1 heterocycles. The van der Waals surface area contributed by atoms with Gasteiger partial charge in [-0.2, -0.15) is 21.6 Å². The molecule has 0 radical (unpaired) electrons. The molecule has 2 aliphatic rings. The van der Waals surface area contributed by atoms with Crippen molar-refractivity contribution in [3.8, 4) is 17.6 Å². The van der Waals surface area contributed by atoms with E-state index >= 15 is 0 Å². The van der Waals surface area contributed by atoms with E-state index in [0.29, 0.717) is 18.9 Å². The number of nitrogens with one attached hydrogen (secondary N) is 1. The fraction of sp³-hybridized carbons (Fsp3) is 0.357. The van der Waals surface area contributed by atoms with E-state index in [4.69, 9.17) is 16.2 Å². The van der Waals surface area contributed by atoms with Gasteiger partial charge in [0.1, 0.15) is 0 Å². The van der Waals surface area contributed by atoms with Crippen LogP contribution in [0.25, 0.3) is 0 Å². The number of hydrogen-bond donors (Lipinski definition) is 2. The Morgan fingerprint density at radius 3 is 2.58 bits per heavy atom. The van der Waals surface area contributed by atoms with Crippen LogP contribution in [0.4, 0.5) is 23.7 Å². The third-order valence-electron chi connectivity index (χ3n) is 3.56. The average molecular weight is 412 g/mol. The Labute approximate surface area is 150 Å². The van der Waals surface area contributed by atoms with E-state index in [2.05, 4.69) is 14.8 Å². The van der Waals surface area contributed by atoms with Gasteiger partial charge in [-0.3, -0.25) is 9.87 Å². The Kier molecular flexibility index (Phi) is 4.25. The van der Waals surface area contributed by atoms with Gasteiger partial charge in [-0.25, -0.2) is 4.79 Å².